The normalized spacial score (nSPS) is 20.0. The molecule has 4 nitrogen and oxygen atoms in total. The van der Waals surface area contributed by atoms with Crippen molar-refractivity contribution < 1.29 is 21.6 Å². The number of sulfonamides is 1. The van der Waals surface area contributed by atoms with E-state index in [9.17, 15) is 21.6 Å². The first-order valence-corrected chi connectivity index (χ1v) is 9.12. The third-order valence-corrected chi connectivity index (χ3v) is 5.51. The molecule has 2 rings (SSSR count). The quantitative estimate of drug-likeness (QED) is 0.798. The van der Waals surface area contributed by atoms with Gasteiger partial charge in [0.1, 0.15) is 0 Å². The SMILES string of the molecule is O=S(=O)(NCC1CCCNC1)c1ccc(SC(F)(F)F)cc1. The Morgan fingerprint density at radius 2 is 1.95 bits per heavy atom. The second-order valence-electron chi connectivity index (χ2n) is 5.08. The summed E-state index contributed by atoms with van der Waals surface area (Å²) < 4.78 is 63.4. The molecule has 22 heavy (non-hydrogen) atoms. The number of nitrogens with one attached hydrogen (secondary N) is 2. The van der Waals surface area contributed by atoms with Crippen LogP contribution in [0.1, 0.15) is 12.8 Å². The van der Waals surface area contributed by atoms with E-state index in [-0.39, 0.29) is 27.5 Å². The van der Waals surface area contributed by atoms with Gasteiger partial charge in [-0.15, -0.1) is 0 Å². The summed E-state index contributed by atoms with van der Waals surface area (Å²) in [5, 5.41) is 3.20. The van der Waals surface area contributed by atoms with Crippen molar-refractivity contribution >= 4 is 21.8 Å². The highest BCUT2D eigenvalue weighted by atomic mass is 32.2. The first-order valence-electron chi connectivity index (χ1n) is 6.82. The second kappa shape index (κ2) is 7.20. The van der Waals surface area contributed by atoms with Gasteiger partial charge in [-0.2, -0.15) is 13.2 Å². The summed E-state index contributed by atoms with van der Waals surface area (Å²) in [6.07, 6.45) is 1.96. The molecule has 1 aromatic rings. The minimum Gasteiger partial charge on any atom is -0.316 e. The topological polar surface area (TPSA) is 58.2 Å². The van der Waals surface area contributed by atoms with Crippen molar-refractivity contribution in [3.63, 3.8) is 0 Å². The number of piperidine rings is 1. The summed E-state index contributed by atoms with van der Waals surface area (Å²) in [6, 6.07) is 4.70. The molecule has 0 spiro atoms. The molecule has 0 aliphatic carbocycles. The highest BCUT2D eigenvalue weighted by Crippen LogP contribution is 2.36. The van der Waals surface area contributed by atoms with E-state index in [1.807, 2.05) is 0 Å². The summed E-state index contributed by atoms with van der Waals surface area (Å²) in [5.41, 5.74) is -4.38. The fourth-order valence-corrected chi connectivity index (χ4v) is 3.89. The molecule has 0 bridgehead atoms. The number of hydrogen-bond acceptors (Lipinski definition) is 4. The fraction of sp³-hybridized carbons (Fsp3) is 0.538. The lowest BCUT2D eigenvalue weighted by atomic mass is 10.0. The van der Waals surface area contributed by atoms with E-state index in [4.69, 9.17) is 0 Å². The number of hydrogen-bond donors (Lipinski definition) is 2. The van der Waals surface area contributed by atoms with Crippen molar-refractivity contribution in [3.05, 3.63) is 24.3 Å². The largest absolute Gasteiger partial charge is 0.446 e. The molecule has 1 atom stereocenters. The molecular formula is C13H17F3N2O2S2. The molecule has 0 amide bonds. The highest BCUT2D eigenvalue weighted by molar-refractivity contribution is 8.00. The van der Waals surface area contributed by atoms with Crippen LogP contribution in [0.4, 0.5) is 13.2 Å². The predicted octanol–water partition coefficient (Wildman–Crippen LogP) is 2.58. The van der Waals surface area contributed by atoms with Gasteiger partial charge in [0.15, 0.2) is 0 Å². The molecule has 1 aliphatic heterocycles. The number of benzene rings is 1. The molecule has 2 N–H and O–H groups in total. The lowest BCUT2D eigenvalue weighted by Crippen LogP contribution is -2.38. The third kappa shape index (κ3) is 5.45. The molecule has 0 aromatic heterocycles. The van der Waals surface area contributed by atoms with Crippen LogP contribution in [-0.4, -0.2) is 33.6 Å². The van der Waals surface area contributed by atoms with E-state index < -0.39 is 15.5 Å². The van der Waals surface area contributed by atoms with Gasteiger partial charge in [-0.1, -0.05) is 0 Å². The van der Waals surface area contributed by atoms with Crippen LogP contribution in [0.5, 0.6) is 0 Å². The Kier molecular flexibility index (Phi) is 5.76. The summed E-state index contributed by atoms with van der Waals surface area (Å²) in [4.78, 5) is -0.0641. The van der Waals surface area contributed by atoms with Gasteiger partial charge in [0.2, 0.25) is 10.0 Å². The van der Waals surface area contributed by atoms with Crippen LogP contribution in [0.25, 0.3) is 0 Å². The molecule has 0 radical (unpaired) electrons. The van der Waals surface area contributed by atoms with Crippen molar-refractivity contribution in [1.29, 1.82) is 0 Å². The van der Waals surface area contributed by atoms with E-state index in [1.165, 1.54) is 12.1 Å². The van der Waals surface area contributed by atoms with Crippen LogP contribution < -0.4 is 10.0 Å². The Labute approximate surface area is 131 Å². The van der Waals surface area contributed by atoms with E-state index in [2.05, 4.69) is 10.0 Å². The van der Waals surface area contributed by atoms with E-state index in [1.54, 1.807) is 0 Å². The highest BCUT2D eigenvalue weighted by Gasteiger charge is 2.29. The molecule has 1 fully saturated rings. The minimum atomic E-state index is -4.38. The maximum atomic E-state index is 12.2. The maximum absolute atomic E-state index is 12.2. The Morgan fingerprint density at radius 3 is 2.50 bits per heavy atom. The summed E-state index contributed by atoms with van der Waals surface area (Å²) in [7, 11) is -3.69. The van der Waals surface area contributed by atoms with Gasteiger partial charge in [0.25, 0.3) is 0 Å². The Morgan fingerprint density at radius 1 is 1.27 bits per heavy atom. The molecule has 9 heteroatoms. The summed E-state index contributed by atoms with van der Waals surface area (Å²) >= 11 is -0.267. The van der Waals surface area contributed by atoms with Crippen molar-refractivity contribution in [2.45, 2.75) is 28.1 Å². The van der Waals surface area contributed by atoms with E-state index in [0.717, 1.165) is 38.1 Å². The van der Waals surface area contributed by atoms with Crippen LogP contribution in [0.2, 0.25) is 0 Å². The average molecular weight is 354 g/mol. The Hall–Kier alpha value is -0.770. The van der Waals surface area contributed by atoms with Crippen LogP contribution in [-0.2, 0) is 10.0 Å². The molecule has 1 aromatic carbocycles. The number of rotatable bonds is 5. The fourth-order valence-electron chi connectivity index (χ4n) is 2.23. The first kappa shape index (κ1) is 17.6. The molecule has 1 saturated heterocycles. The van der Waals surface area contributed by atoms with Gasteiger partial charge in [-0.3, -0.25) is 0 Å². The number of alkyl halides is 3. The zero-order valence-electron chi connectivity index (χ0n) is 11.7. The average Bonchev–Trinajstić information content (AvgIpc) is 2.45. The van der Waals surface area contributed by atoms with Crippen molar-refractivity contribution in [1.82, 2.24) is 10.0 Å². The second-order valence-corrected chi connectivity index (χ2v) is 7.99. The van der Waals surface area contributed by atoms with Gasteiger partial charge in [-0.25, -0.2) is 13.1 Å². The van der Waals surface area contributed by atoms with Crippen molar-refractivity contribution in [2.24, 2.45) is 5.92 Å². The molecule has 0 saturated carbocycles. The predicted molar refractivity (Wildman–Crippen MR) is 79.1 cm³/mol. The monoisotopic (exact) mass is 354 g/mol. The van der Waals surface area contributed by atoms with E-state index in [0.29, 0.717) is 6.54 Å². The zero-order chi connectivity index (χ0) is 16.2. The summed E-state index contributed by atoms with van der Waals surface area (Å²) in [6.45, 7) is 2.04. The first-order chi connectivity index (χ1) is 10.3. The molecule has 1 aliphatic rings. The molecule has 1 unspecified atom stereocenters. The number of thioether (sulfide) groups is 1. The van der Waals surface area contributed by atoms with Crippen LogP contribution >= 0.6 is 11.8 Å². The maximum Gasteiger partial charge on any atom is 0.446 e. The van der Waals surface area contributed by atoms with Gasteiger partial charge >= 0.3 is 5.51 Å². The molecule has 124 valence electrons. The smallest absolute Gasteiger partial charge is 0.316 e. The zero-order valence-corrected chi connectivity index (χ0v) is 13.3. The van der Waals surface area contributed by atoms with Crippen molar-refractivity contribution in [2.75, 3.05) is 19.6 Å². The van der Waals surface area contributed by atoms with Gasteiger partial charge in [0, 0.05) is 11.4 Å². The van der Waals surface area contributed by atoms with Crippen LogP contribution in [0, 0.1) is 5.92 Å². The van der Waals surface area contributed by atoms with Crippen molar-refractivity contribution in [3.8, 4) is 0 Å². The van der Waals surface area contributed by atoms with Crippen LogP contribution in [0.3, 0.4) is 0 Å². The van der Waals surface area contributed by atoms with Gasteiger partial charge in [-0.05, 0) is 67.9 Å². The molecular weight excluding hydrogens is 337 g/mol. The minimum absolute atomic E-state index is 0.0252. The van der Waals surface area contributed by atoms with Crippen LogP contribution in [0.15, 0.2) is 34.1 Å². The lowest BCUT2D eigenvalue weighted by Gasteiger charge is -2.22. The van der Waals surface area contributed by atoms with Gasteiger partial charge < -0.3 is 5.32 Å². The van der Waals surface area contributed by atoms with E-state index >= 15 is 0 Å². The Balaban J connectivity index is 1.96. The Bertz CT molecular complexity index is 582. The number of halogens is 3. The van der Waals surface area contributed by atoms with Gasteiger partial charge in [0.05, 0.1) is 4.90 Å². The third-order valence-electron chi connectivity index (χ3n) is 3.33. The lowest BCUT2D eigenvalue weighted by molar-refractivity contribution is -0.0328. The molecule has 1 heterocycles. The standard InChI is InChI=1S/C13H17F3N2O2S2/c14-13(15,16)21-11-3-5-12(6-4-11)22(19,20)18-9-10-2-1-7-17-8-10/h3-6,10,17-18H,1-2,7-9H2. The summed E-state index contributed by atoms with van der Waals surface area (Å²) in [5.74, 6) is 0.239.